The van der Waals surface area contributed by atoms with E-state index in [0.717, 1.165) is 5.75 Å². The van der Waals surface area contributed by atoms with Crippen LogP contribution in [0.15, 0.2) is 27.8 Å². The summed E-state index contributed by atoms with van der Waals surface area (Å²) in [4.78, 5) is 11.5. The van der Waals surface area contributed by atoms with Crippen LogP contribution < -0.4 is 4.74 Å². The molecule has 0 fully saturated rings. The Morgan fingerprint density at radius 2 is 2.32 bits per heavy atom. The number of carbonyl (C=O) groups excluding carboxylic acids is 1. The van der Waals surface area contributed by atoms with E-state index in [9.17, 15) is 9.90 Å². The summed E-state index contributed by atoms with van der Waals surface area (Å²) in [5.74, 6) is 0.943. The van der Waals surface area contributed by atoms with Crippen LogP contribution in [0.3, 0.4) is 0 Å². The van der Waals surface area contributed by atoms with Crippen molar-refractivity contribution in [1.82, 2.24) is 0 Å². The van der Waals surface area contributed by atoms with E-state index in [1.165, 1.54) is 18.9 Å². The Morgan fingerprint density at radius 1 is 1.58 bits per heavy atom. The first kappa shape index (κ1) is 14.4. The van der Waals surface area contributed by atoms with Crippen LogP contribution >= 0.6 is 27.7 Å². The highest BCUT2D eigenvalue weighted by Gasteiger charge is 2.24. The molecule has 1 unspecified atom stereocenters. The van der Waals surface area contributed by atoms with Gasteiger partial charge in [-0.15, -0.1) is 0 Å². The molecule has 0 radical (unpaired) electrons. The van der Waals surface area contributed by atoms with Crippen molar-refractivity contribution in [3.05, 3.63) is 38.9 Å². The first-order chi connectivity index (χ1) is 9.06. The fourth-order valence-electron chi connectivity index (χ4n) is 1.75. The number of ether oxygens (including phenoxy) is 2. The van der Waals surface area contributed by atoms with Crippen LogP contribution in [0.5, 0.6) is 5.75 Å². The average molecular weight is 345 g/mol. The molecule has 1 aliphatic rings. The first-order valence-electron chi connectivity index (χ1n) is 5.69. The van der Waals surface area contributed by atoms with E-state index in [4.69, 9.17) is 4.74 Å². The molecule has 102 valence electrons. The molecule has 0 aliphatic carbocycles. The highest BCUT2D eigenvalue weighted by molar-refractivity contribution is 9.10. The largest absolute Gasteiger partial charge is 0.465 e. The number of aliphatic hydroxyl groups is 1. The van der Waals surface area contributed by atoms with Crippen LogP contribution in [0.1, 0.15) is 28.9 Å². The quantitative estimate of drug-likeness (QED) is 0.853. The molecule has 1 atom stereocenters. The lowest BCUT2D eigenvalue weighted by Crippen LogP contribution is -2.11. The minimum Gasteiger partial charge on any atom is -0.465 e. The number of methoxy groups -OCH3 is 1. The summed E-state index contributed by atoms with van der Waals surface area (Å²) in [5.41, 5.74) is 0.922. The second-order valence-electron chi connectivity index (χ2n) is 3.83. The Bertz CT molecular complexity index is 542. The van der Waals surface area contributed by atoms with Gasteiger partial charge in [0.1, 0.15) is 11.9 Å². The molecule has 0 aromatic heterocycles. The second kappa shape index (κ2) is 5.98. The van der Waals surface area contributed by atoms with E-state index in [1.54, 1.807) is 18.2 Å². The topological polar surface area (TPSA) is 55.8 Å². The van der Waals surface area contributed by atoms with Gasteiger partial charge in [0.25, 0.3) is 0 Å². The van der Waals surface area contributed by atoms with E-state index in [-0.39, 0.29) is 0 Å². The predicted octanol–water partition coefficient (Wildman–Crippen LogP) is 3.26. The third kappa shape index (κ3) is 2.96. The summed E-state index contributed by atoms with van der Waals surface area (Å²) in [5, 5.41) is 10.8. The molecule has 4 nitrogen and oxygen atoms in total. The van der Waals surface area contributed by atoms with Crippen molar-refractivity contribution in [3.8, 4) is 5.75 Å². The van der Waals surface area contributed by atoms with Crippen LogP contribution in [-0.4, -0.2) is 23.9 Å². The molecule has 1 aromatic carbocycles. The molecule has 1 aromatic rings. The molecule has 2 rings (SSSR count). The van der Waals surface area contributed by atoms with Crippen molar-refractivity contribution in [2.24, 2.45) is 0 Å². The number of carbonyl (C=O) groups is 1. The van der Waals surface area contributed by atoms with Crippen molar-refractivity contribution in [2.75, 3.05) is 12.9 Å². The van der Waals surface area contributed by atoms with Gasteiger partial charge in [-0.3, -0.25) is 0 Å². The number of thioether (sulfide) groups is 1. The molecule has 0 saturated carbocycles. The van der Waals surface area contributed by atoms with Crippen molar-refractivity contribution in [3.63, 3.8) is 0 Å². The molecule has 1 N–H and O–H groups in total. The van der Waals surface area contributed by atoms with Gasteiger partial charge in [0.15, 0.2) is 5.09 Å². The van der Waals surface area contributed by atoms with Gasteiger partial charge in [-0.2, -0.15) is 0 Å². The van der Waals surface area contributed by atoms with Crippen molar-refractivity contribution in [1.29, 1.82) is 0 Å². The maximum Gasteiger partial charge on any atom is 0.337 e. The van der Waals surface area contributed by atoms with E-state index in [1.807, 2.05) is 6.92 Å². The predicted molar refractivity (Wildman–Crippen MR) is 77.3 cm³/mol. The van der Waals surface area contributed by atoms with Gasteiger partial charge in [-0.05, 0) is 39.9 Å². The molecule has 0 amide bonds. The van der Waals surface area contributed by atoms with Crippen LogP contribution in [0, 0.1) is 0 Å². The fraction of sp³-hybridized carbons (Fsp3) is 0.308. The normalized spacial score (nSPS) is 17.3. The maximum absolute atomic E-state index is 11.5. The van der Waals surface area contributed by atoms with Gasteiger partial charge in [-0.1, -0.05) is 18.7 Å². The SMILES string of the molecule is CCSC1=CC(O)c2cc(C(=O)OC)cc(Br)c2O1. The second-order valence-corrected chi connectivity index (χ2v) is 5.96. The number of hydrogen-bond donors (Lipinski definition) is 1. The standard InChI is InChI=1S/C13H13BrO4S/c1-3-19-11-6-10(15)8-4-7(13(16)17-2)5-9(14)12(8)18-11/h4-6,10,15H,3H2,1-2H3. The summed E-state index contributed by atoms with van der Waals surface area (Å²) in [6.07, 6.45) is 0.836. The molecule has 0 spiro atoms. The Labute approximate surface area is 123 Å². The summed E-state index contributed by atoms with van der Waals surface area (Å²) >= 11 is 4.87. The van der Waals surface area contributed by atoms with Crippen LogP contribution in [0.2, 0.25) is 0 Å². The molecular weight excluding hydrogens is 332 g/mol. The van der Waals surface area contributed by atoms with Crippen LogP contribution in [0.4, 0.5) is 0 Å². The number of aliphatic hydroxyl groups excluding tert-OH is 1. The Kier molecular flexibility index (Phi) is 4.54. The Morgan fingerprint density at radius 3 is 2.95 bits per heavy atom. The maximum atomic E-state index is 11.5. The molecule has 1 heterocycles. The van der Waals surface area contributed by atoms with Crippen molar-refractivity contribution >= 4 is 33.7 Å². The zero-order chi connectivity index (χ0) is 14.0. The zero-order valence-corrected chi connectivity index (χ0v) is 12.9. The minimum atomic E-state index is -0.793. The molecule has 19 heavy (non-hydrogen) atoms. The zero-order valence-electron chi connectivity index (χ0n) is 10.5. The summed E-state index contributed by atoms with van der Waals surface area (Å²) in [6.45, 7) is 2.01. The van der Waals surface area contributed by atoms with E-state index >= 15 is 0 Å². The molecule has 0 saturated heterocycles. The first-order valence-corrected chi connectivity index (χ1v) is 7.47. The number of hydrogen-bond acceptors (Lipinski definition) is 5. The van der Waals surface area contributed by atoms with Gasteiger partial charge in [0.05, 0.1) is 17.1 Å². The van der Waals surface area contributed by atoms with Gasteiger partial charge >= 0.3 is 5.97 Å². The van der Waals surface area contributed by atoms with Gasteiger partial charge in [-0.25, -0.2) is 4.79 Å². The number of halogens is 1. The number of rotatable bonds is 3. The molecule has 1 aliphatic heterocycles. The summed E-state index contributed by atoms with van der Waals surface area (Å²) in [6, 6.07) is 3.21. The van der Waals surface area contributed by atoms with Crippen LogP contribution in [0.25, 0.3) is 0 Å². The fourth-order valence-corrected chi connectivity index (χ4v) is 2.96. The van der Waals surface area contributed by atoms with Gasteiger partial charge in [0.2, 0.25) is 0 Å². The lowest BCUT2D eigenvalue weighted by atomic mass is 10.0. The Balaban J connectivity index is 2.42. The van der Waals surface area contributed by atoms with Crippen LogP contribution in [-0.2, 0) is 4.74 Å². The smallest absolute Gasteiger partial charge is 0.337 e. The number of benzene rings is 1. The van der Waals surface area contributed by atoms with Gasteiger partial charge < -0.3 is 14.6 Å². The summed E-state index contributed by atoms with van der Waals surface area (Å²) in [7, 11) is 1.32. The highest BCUT2D eigenvalue weighted by Crippen LogP contribution is 2.41. The molecule has 6 heteroatoms. The lowest BCUT2D eigenvalue weighted by molar-refractivity contribution is 0.0600. The van der Waals surface area contributed by atoms with Crippen molar-refractivity contribution in [2.45, 2.75) is 13.0 Å². The third-order valence-corrected chi connectivity index (χ3v) is 3.98. The van der Waals surface area contributed by atoms with Gasteiger partial charge in [0, 0.05) is 5.56 Å². The molecular formula is C13H13BrO4S. The van der Waals surface area contributed by atoms with E-state index in [0.29, 0.717) is 26.4 Å². The minimum absolute atomic E-state index is 0.371. The Hall–Kier alpha value is -0.980. The number of esters is 1. The third-order valence-electron chi connectivity index (χ3n) is 2.60. The van der Waals surface area contributed by atoms with Crippen molar-refractivity contribution < 1.29 is 19.4 Å². The van der Waals surface area contributed by atoms with E-state index < -0.39 is 12.1 Å². The number of fused-ring (bicyclic) bond motifs is 1. The highest BCUT2D eigenvalue weighted by atomic mass is 79.9. The lowest BCUT2D eigenvalue weighted by Gasteiger charge is -2.22. The molecule has 0 bridgehead atoms. The average Bonchev–Trinajstić information content (AvgIpc) is 2.39. The van der Waals surface area contributed by atoms with E-state index in [2.05, 4.69) is 20.7 Å². The summed E-state index contributed by atoms with van der Waals surface area (Å²) < 4.78 is 11.0. The monoisotopic (exact) mass is 344 g/mol.